The third-order valence-corrected chi connectivity index (χ3v) is 2.85. The van der Waals surface area contributed by atoms with Crippen molar-refractivity contribution in [1.29, 1.82) is 0 Å². The molecular weight excluding hydrogens is 280 g/mol. The maximum Gasteiger partial charge on any atom is 0.414 e. The van der Waals surface area contributed by atoms with E-state index in [2.05, 4.69) is 17.6 Å². The molecule has 0 aliphatic carbocycles. The summed E-state index contributed by atoms with van der Waals surface area (Å²) in [5.41, 5.74) is 0.348. The van der Waals surface area contributed by atoms with E-state index in [4.69, 9.17) is 4.74 Å². The molecule has 0 aliphatic rings. The van der Waals surface area contributed by atoms with Gasteiger partial charge in [0.25, 0.3) is 0 Å². The molecule has 0 radical (unpaired) electrons. The van der Waals surface area contributed by atoms with Crippen LogP contribution in [0.4, 0.5) is 10.5 Å². The summed E-state index contributed by atoms with van der Waals surface area (Å²) in [5.74, 6) is -0.337. The van der Waals surface area contributed by atoms with Crippen molar-refractivity contribution < 1.29 is 14.3 Å². The van der Waals surface area contributed by atoms with Gasteiger partial charge >= 0.3 is 6.09 Å². The Labute approximate surface area is 132 Å². The molecule has 5 heteroatoms. The molecule has 0 fully saturated rings. The number of rotatable bonds is 6. The molecular formula is C17H26N2O3. The highest BCUT2D eigenvalue weighted by Crippen LogP contribution is 2.13. The van der Waals surface area contributed by atoms with Crippen molar-refractivity contribution in [2.75, 3.05) is 5.32 Å². The SMILES string of the molecule is CCCC(CC(=O)NC(=O)OC(C)(C)C)Nc1ccccc1. The van der Waals surface area contributed by atoms with Gasteiger partial charge in [0.05, 0.1) is 0 Å². The summed E-state index contributed by atoms with van der Waals surface area (Å²) < 4.78 is 5.08. The standard InChI is InChI=1S/C17H26N2O3/c1-5-9-14(18-13-10-7-6-8-11-13)12-15(20)19-16(21)22-17(2,3)4/h6-8,10-11,14,18H,5,9,12H2,1-4H3,(H,19,20,21). The van der Waals surface area contributed by atoms with Crippen LogP contribution in [0.3, 0.4) is 0 Å². The van der Waals surface area contributed by atoms with E-state index in [0.717, 1.165) is 18.5 Å². The van der Waals surface area contributed by atoms with Crippen LogP contribution < -0.4 is 10.6 Å². The number of imide groups is 1. The zero-order valence-corrected chi connectivity index (χ0v) is 13.8. The van der Waals surface area contributed by atoms with Gasteiger partial charge in [-0.15, -0.1) is 0 Å². The van der Waals surface area contributed by atoms with Crippen LogP contribution in [0.15, 0.2) is 30.3 Å². The van der Waals surface area contributed by atoms with Gasteiger partial charge in [-0.05, 0) is 39.3 Å². The zero-order valence-electron chi connectivity index (χ0n) is 13.8. The molecule has 0 bridgehead atoms. The van der Waals surface area contributed by atoms with Crippen molar-refractivity contribution in [2.24, 2.45) is 0 Å². The average Bonchev–Trinajstić information content (AvgIpc) is 2.37. The van der Waals surface area contributed by atoms with Crippen LogP contribution in [0.2, 0.25) is 0 Å². The fourth-order valence-electron chi connectivity index (χ4n) is 2.04. The summed E-state index contributed by atoms with van der Waals surface area (Å²) in [6.07, 6.45) is 1.32. The Morgan fingerprint density at radius 1 is 1.18 bits per heavy atom. The molecule has 1 aromatic rings. The molecule has 22 heavy (non-hydrogen) atoms. The van der Waals surface area contributed by atoms with Crippen LogP contribution in [-0.4, -0.2) is 23.6 Å². The maximum absolute atomic E-state index is 12.0. The van der Waals surface area contributed by atoms with E-state index < -0.39 is 11.7 Å². The van der Waals surface area contributed by atoms with E-state index >= 15 is 0 Å². The molecule has 1 unspecified atom stereocenters. The van der Waals surface area contributed by atoms with Crippen LogP contribution in [0, 0.1) is 0 Å². The second kappa shape index (κ2) is 8.41. The van der Waals surface area contributed by atoms with Crippen LogP contribution in [0.5, 0.6) is 0 Å². The summed E-state index contributed by atoms with van der Waals surface area (Å²) in [7, 11) is 0. The Kier molecular flexibility index (Phi) is 6.89. The Bertz CT molecular complexity index is 480. The van der Waals surface area contributed by atoms with Crippen molar-refractivity contribution in [3.05, 3.63) is 30.3 Å². The Balaban J connectivity index is 2.52. The van der Waals surface area contributed by atoms with Gasteiger partial charge in [-0.1, -0.05) is 31.5 Å². The Morgan fingerprint density at radius 3 is 2.36 bits per heavy atom. The minimum atomic E-state index is -0.701. The fourth-order valence-corrected chi connectivity index (χ4v) is 2.04. The number of hydrogen-bond acceptors (Lipinski definition) is 4. The number of hydrogen-bond donors (Lipinski definition) is 2. The number of nitrogens with one attached hydrogen (secondary N) is 2. The van der Waals surface area contributed by atoms with E-state index in [1.54, 1.807) is 20.8 Å². The van der Waals surface area contributed by atoms with Crippen molar-refractivity contribution >= 4 is 17.7 Å². The lowest BCUT2D eigenvalue weighted by Gasteiger charge is -2.21. The number of carbonyl (C=O) groups is 2. The molecule has 1 rings (SSSR count). The van der Waals surface area contributed by atoms with Gasteiger partial charge in [-0.2, -0.15) is 0 Å². The first-order valence-electron chi connectivity index (χ1n) is 7.64. The summed E-state index contributed by atoms with van der Waals surface area (Å²) in [6.45, 7) is 7.33. The minimum absolute atomic E-state index is 0.0187. The largest absolute Gasteiger partial charge is 0.444 e. The molecule has 0 heterocycles. The third-order valence-electron chi connectivity index (χ3n) is 2.85. The smallest absolute Gasteiger partial charge is 0.414 e. The summed E-state index contributed by atoms with van der Waals surface area (Å²) in [5, 5.41) is 5.59. The normalized spacial score (nSPS) is 12.4. The molecule has 5 nitrogen and oxygen atoms in total. The minimum Gasteiger partial charge on any atom is -0.444 e. The predicted octanol–water partition coefficient (Wildman–Crippen LogP) is 3.71. The number of benzene rings is 1. The molecule has 122 valence electrons. The highest BCUT2D eigenvalue weighted by molar-refractivity contribution is 5.92. The second-order valence-electron chi connectivity index (χ2n) is 6.25. The van der Waals surface area contributed by atoms with Gasteiger partial charge in [0, 0.05) is 18.2 Å². The molecule has 1 atom stereocenters. The van der Waals surface area contributed by atoms with Crippen molar-refractivity contribution in [2.45, 2.75) is 58.6 Å². The van der Waals surface area contributed by atoms with Crippen molar-refractivity contribution in [1.82, 2.24) is 5.32 Å². The van der Waals surface area contributed by atoms with Crippen molar-refractivity contribution in [3.63, 3.8) is 0 Å². The fraction of sp³-hybridized carbons (Fsp3) is 0.529. The molecule has 0 aromatic heterocycles. The lowest BCUT2D eigenvalue weighted by molar-refractivity contribution is -0.121. The molecule has 2 amide bonds. The number of carbonyl (C=O) groups excluding carboxylic acids is 2. The molecule has 0 aliphatic heterocycles. The van der Waals surface area contributed by atoms with E-state index in [1.165, 1.54) is 0 Å². The zero-order chi connectivity index (χ0) is 16.6. The van der Waals surface area contributed by atoms with E-state index in [0.29, 0.717) is 0 Å². The third kappa shape index (κ3) is 7.67. The average molecular weight is 306 g/mol. The number of para-hydroxylation sites is 1. The number of anilines is 1. The van der Waals surface area contributed by atoms with Gasteiger partial charge in [-0.3, -0.25) is 10.1 Å². The Hall–Kier alpha value is -2.04. The quantitative estimate of drug-likeness (QED) is 0.840. The topological polar surface area (TPSA) is 67.4 Å². The van der Waals surface area contributed by atoms with Gasteiger partial charge in [0.15, 0.2) is 0 Å². The van der Waals surface area contributed by atoms with E-state index in [9.17, 15) is 9.59 Å². The van der Waals surface area contributed by atoms with Crippen LogP contribution >= 0.6 is 0 Å². The first kappa shape index (κ1) is 18.0. The van der Waals surface area contributed by atoms with Gasteiger partial charge in [0.1, 0.15) is 5.60 Å². The van der Waals surface area contributed by atoms with Crippen molar-refractivity contribution in [3.8, 4) is 0 Å². The first-order valence-corrected chi connectivity index (χ1v) is 7.64. The second-order valence-corrected chi connectivity index (χ2v) is 6.25. The van der Waals surface area contributed by atoms with Crippen LogP contribution in [0.25, 0.3) is 0 Å². The maximum atomic E-state index is 12.0. The highest BCUT2D eigenvalue weighted by atomic mass is 16.6. The summed E-state index contributed by atoms with van der Waals surface area (Å²) in [4.78, 5) is 23.6. The Morgan fingerprint density at radius 2 is 1.82 bits per heavy atom. The number of amides is 2. The summed E-state index contributed by atoms with van der Waals surface area (Å²) >= 11 is 0. The van der Waals surface area contributed by atoms with Gasteiger partial charge < -0.3 is 10.1 Å². The van der Waals surface area contributed by atoms with Crippen LogP contribution in [0.1, 0.15) is 47.0 Å². The molecule has 2 N–H and O–H groups in total. The lowest BCUT2D eigenvalue weighted by Crippen LogP contribution is -2.38. The lowest BCUT2D eigenvalue weighted by atomic mass is 10.1. The molecule has 0 saturated heterocycles. The number of alkyl carbamates (subject to hydrolysis) is 1. The number of ether oxygens (including phenoxy) is 1. The molecule has 0 spiro atoms. The van der Waals surface area contributed by atoms with E-state index in [1.807, 2.05) is 30.3 Å². The van der Waals surface area contributed by atoms with Gasteiger partial charge in [0.2, 0.25) is 5.91 Å². The molecule has 1 aromatic carbocycles. The van der Waals surface area contributed by atoms with Gasteiger partial charge in [-0.25, -0.2) is 4.79 Å². The molecule has 0 saturated carbocycles. The predicted molar refractivity (Wildman–Crippen MR) is 87.8 cm³/mol. The monoisotopic (exact) mass is 306 g/mol. The van der Waals surface area contributed by atoms with Crippen LogP contribution in [-0.2, 0) is 9.53 Å². The summed E-state index contributed by atoms with van der Waals surface area (Å²) in [6, 6.07) is 9.70. The highest BCUT2D eigenvalue weighted by Gasteiger charge is 2.20. The van der Waals surface area contributed by atoms with E-state index in [-0.39, 0.29) is 18.4 Å². The first-order chi connectivity index (χ1) is 10.3.